The molecule has 0 spiro atoms. The minimum atomic E-state index is -0.250. The van der Waals surface area contributed by atoms with Gasteiger partial charge in [0.05, 0.1) is 7.11 Å². The lowest BCUT2D eigenvalue weighted by atomic mass is 9.80. The summed E-state index contributed by atoms with van der Waals surface area (Å²) in [5.74, 6) is 0.399. The predicted octanol–water partition coefficient (Wildman–Crippen LogP) is 5.25. The maximum Gasteiger partial charge on any atom is 0.290 e. The minimum Gasteiger partial charge on any atom is -0.483 e. The fraction of sp³-hybridized carbons (Fsp3) is 0.345. The first-order chi connectivity index (χ1) is 17.9. The molecule has 1 aliphatic rings. The van der Waals surface area contributed by atoms with Gasteiger partial charge in [-0.1, -0.05) is 61.0 Å². The fourth-order valence-electron chi connectivity index (χ4n) is 4.88. The van der Waals surface area contributed by atoms with Gasteiger partial charge in [-0.25, -0.2) is 5.06 Å². The van der Waals surface area contributed by atoms with Crippen molar-refractivity contribution in [3.8, 4) is 0 Å². The number of hydrogen-bond donors (Lipinski definition) is 3. The van der Waals surface area contributed by atoms with Gasteiger partial charge in [0, 0.05) is 24.7 Å². The van der Waals surface area contributed by atoms with Crippen molar-refractivity contribution in [2.75, 3.05) is 14.2 Å². The van der Waals surface area contributed by atoms with Crippen molar-refractivity contribution in [3.63, 3.8) is 0 Å². The molecule has 0 aliphatic heterocycles. The van der Waals surface area contributed by atoms with Crippen LogP contribution >= 0.6 is 0 Å². The van der Waals surface area contributed by atoms with Gasteiger partial charge >= 0.3 is 0 Å². The van der Waals surface area contributed by atoms with E-state index >= 15 is 0 Å². The van der Waals surface area contributed by atoms with E-state index in [0.717, 1.165) is 6.42 Å². The van der Waals surface area contributed by atoms with Crippen LogP contribution in [0.2, 0.25) is 0 Å². The molecule has 1 fully saturated rings. The van der Waals surface area contributed by atoms with Gasteiger partial charge in [0.1, 0.15) is 0 Å². The van der Waals surface area contributed by atoms with Gasteiger partial charge in [0.15, 0.2) is 0 Å². The van der Waals surface area contributed by atoms with E-state index in [4.69, 9.17) is 24.6 Å². The summed E-state index contributed by atoms with van der Waals surface area (Å²) in [5, 5.41) is 21.6. The highest BCUT2D eigenvalue weighted by molar-refractivity contribution is 5.93. The standard InChI is InChI=1S/C27H32N2O2.2CH2O2/c1-19(25-13-7-9-21-8-4-5-12-26(21)25)28-24-11-6-10-23(18-24)20-14-16-22(17-15-20)27(30)29(2)31-3;2*2-1-3/h4-5,7-9,12-17,19,23-24,28H,6,10-11,18H2,1-3H3;2*1H,(H,2,3)/t19-,23?,24?;;/m1../s1. The van der Waals surface area contributed by atoms with E-state index in [2.05, 4.69) is 66.8 Å². The highest BCUT2D eigenvalue weighted by atomic mass is 16.7. The first kappa shape index (κ1) is 29.5. The van der Waals surface area contributed by atoms with E-state index in [0.29, 0.717) is 23.6 Å². The maximum atomic E-state index is 12.3. The van der Waals surface area contributed by atoms with Crippen LogP contribution in [0, 0.1) is 0 Å². The number of carbonyl (C=O) groups is 3. The van der Waals surface area contributed by atoms with Gasteiger partial charge < -0.3 is 15.5 Å². The SMILES string of the molecule is CON(C)C(=O)c1ccc(C2CCCC(N[C@H](C)c3cccc4ccccc34)C2)cc1.O=CO.O=CO. The Morgan fingerprint density at radius 2 is 1.62 bits per heavy atom. The van der Waals surface area contributed by atoms with Gasteiger partial charge in [0.25, 0.3) is 18.9 Å². The first-order valence-electron chi connectivity index (χ1n) is 12.2. The third-order valence-electron chi connectivity index (χ3n) is 6.64. The Balaban J connectivity index is 0.000000733. The van der Waals surface area contributed by atoms with E-state index in [1.54, 1.807) is 7.05 Å². The third-order valence-corrected chi connectivity index (χ3v) is 6.64. The van der Waals surface area contributed by atoms with Crippen molar-refractivity contribution in [3.05, 3.63) is 83.4 Å². The second-order valence-corrected chi connectivity index (χ2v) is 8.84. The summed E-state index contributed by atoms with van der Waals surface area (Å²) in [5.41, 5.74) is 3.34. The second-order valence-electron chi connectivity index (χ2n) is 8.84. The van der Waals surface area contributed by atoms with E-state index in [1.807, 2.05) is 12.1 Å². The van der Waals surface area contributed by atoms with Crippen molar-refractivity contribution in [1.29, 1.82) is 0 Å². The number of nitrogens with one attached hydrogen (secondary N) is 1. The van der Waals surface area contributed by atoms with Crippen LogP contribution in [-0.2, 0) is 14.4 Å². The number of hydrogen-bond acceptors (Lipinski definition) is 5. The van der Waals surface area contributed by atoms with Crippen LogP contribution in [0.15, 0.2) is 66.7 Å². The predicted molar refractivity (Wildman–Crippen MR) is 143 cm³/mol. The number of fused-ring (bicyclic) bond motifs is 1. The highest BCUT2D eigenvalue weighted by Gasteiger charge is 2.25. The molecule has 0 heterocycles. The zero-order valence-corrected chi connectivity index (χ0v) is 21.5. The van der Waals surface area contributed by atoms with Crippen molar-refractivity contribution in [2.24, 2.45) is 0 Å². The molecule has 3 atom stereocenters. The molecule has 0 saturated heterocycles. The minimum absolute atomic E-state index is 0.124. The van der Waals surface area contributed by atoms with Crippen LogP contribution in [0.4, 0.5) is 0 Å². The number of carboxylic acid groups (broad SMARTS) is 2. The van der Waals surface area contributed by atoms with E-state index in [9.17, 15) is 4.79 Å². The Morgan fingerprint density at radius 1 is 1.00 bits per heavy atom. The largest absolute Gasteiger partial charge is 0.483 e. The Hall–Kier alpha value is -3.75. The summed E-state index contributed by atoms with van der Waals surface area (Å²) in [6, 6.07) is 24.1. The molecule has 0 radical (unpaired) electrons. The van der Waals surface area contributed by atoms with Crippen molar-refractivity contribution in [1.82, 2.24) is 10.4 Å². The van der Waals surface area contributed by atoms with Crippen molar-refractivity contribution >= 4 is 29.6 Å². The van der Waals surface area contributed by atoms with Crippen LogP contribution in [0.3, 0.4) is 0 Å². The van der Waals surface area contributed by atoms with Gasteiger partial charge in [0.2, 0.25) is 0 Å². The molecule has 0 aromatic heterocycles. The summed E-state index contributed by atoms with van der Waals surface area (Å²) < 4.78 is 0. The summed E-state index contributed by atoms with van der Waals surface area (Å²) in [6.45, 7) is 1.78. The van der Waals surface area contributed by atoms with Crippen LogP contribution in [0.5, 0.6) is 0 Å². The Morgan fingerprint density at radius 3 is 2.27 bits per heavy atom. The summed E-state index contributed by atoms with van der Waals surface area (Å²) in [7, 11) is 3.13. The number of carbonyl (C=O) groups excluding carboxylic acids is 1. The van der Waals surface area contributed by atoms with Crippen LogP contribution < -0.4 is 5.32 Å². The second kappa shape index (κ2) is 15.4. The molecule has 3 aromatic carbocycles. The van der Waals surface area contributed by atoms with Gasteiger partial charge in [-0.2, -0.15) is 0 Å². The number of amides is 1. The molecule has 0 bridgehead atoms. The van der Waals surface area contributed by atoms with Gasteiger partial charge in [-0.05, 0) is 66.1 Å². The fourth-order valence-corrected chi connectivity index (χ4v) is 4.88. The average molecular weight is 509 g/mol. The molecule has 1 saturated carbocycles. The molecule has 37 heavy (non-hydrogen) atoms. The summed E-state index contributed by atoms with van der Waals surface area (Å²) >= 11 is 0. The number of rotatable bonds is 6. The Bertz CT molecular complexity index is 1120. The summed E-state index contributed by atoms with van der Waals surface area (Å²) in [4.78, 5) is 34.0. The van der Waals surface area contributed by atoms with E-state index in [-0.39, 0.29) is 18.9 Å². The Labute approximate surface area is 217 Å². The maximum absolute atomic E-state index is 12.3. The third kappa shape index (κ3) is 8.41. The lowest BCUT2D eigenvalue weighted by molar-refractivity contribution is -0.123. The zero-order chi connectivity index (χ0) is 27.2. The quantitative estimate of drug-likeness (QED) is 0.307. The van der Waals surface area contributed by atoms with Crippen molar-refractivity contribution in [2.45, 2.75) is 50.6 Å². The number of nitrogens with zero attached hydrogens (tertiary/aromatic N) is 1. The summed E-state index contributed by atoms with van der Waals surface area (Å²) in [6.07, 6.45) is 4.75. The lowest BCUT2D eigenvalue weighted by Crippen LogP contribution is -2.35. The Kier molecular flexibility index (Phi) is 12.3. The van der Waals surface area contributed by atoms with Crippen LogP contribution in [-0.4, -0.2) is 54.3 Å². The van der Waals surface area contributed by atoms with E-state index in [1.165, 1.54) is 53.3 Å². The molecule has 4 rings (SSSR count). The molecular weight excluding hydrogens is 472 g/mol. The smallest absolute Gasteiger partial charge is 0.290 e. The molecule has 8 nitrogen and oxygen atoms in total. The number of hydroxylamine groups is 2. The normalized spacial score (nSPS) is 17.3. The molecule has 198 valence electrons. The number of benzene rings is 3. The molecule has 1 aliphatic carbocycles. The molecule has 1 amide bonds. The van der Waals surface area contributed by atoms with Crippen molar-refractivity contribution < 1.29 is 29.4 Å². The van der Waals surface area contributed by atoms with Crippen LogP contribution in [0.1, 0.15) is 66.1 Å². The van der Waals surface area contributed by atoms with E-state index < -0.39 is 0 Å². The molecular formula is C29H36N2O6. The lowest BCUT2D eigenvalue weighted by Gasteiger charge is -2.32. The molecule has 8 heteroatoms. The first-order valence-corrected chi connectivity index (χ1v) is 12.2. The monoisotopic (exact) mass is 508 g/mol. The molecule has 2 unspecified atom stereocenters. The average Bonchev–Trinajstić information content (AvgIpc) is 2.93. The molecule has 3 N–H and O–H groups in total. The zero-order valence-electron chi connectivity index (χ0n) is 21.5. The topological polar surface area (TPSA) is 116 Å². The van der Waals surface area contributed by atoms with Gasteiger partial charge in [-0.15, -0.1) is 0 Å². The molecule has 3 aromatic rings. The highest BCUT2D eigenvalue weighted by Crippen LogP contribution is 2.34. The van der Waals surface area contributed by atoms with Crippen LogP contribution in [0.25, 0.3) is 10.8 Å². The van der Waals surface area contributed by atoms with Gasteiger partial charge in [-0.3, -0.25) is 19.2 Å².